The van der Waals surface area contributed by atoms with Gasteiger partial charge >= 0.3 is 0 Å². The highest BCUT2D eigenvalue weighted by molar-refractivity contribution is 9.10. The van der Waals surface area contributed by atoms with E-state index in [1.165, 1.54) is 0 Å². The summed E-state index contributed by atoms with van der Waals surface area (Å²) >= 11 is 8.72. The summed E-state index contributed by atoms with van der Waals surface area (Å²) in [6, 6.07) is 0.920. The molecule has 0 unspecified atom stereocenters. The van der Waals surface area contributed by atoms with Crippen molar-refractivity contribution < 1.29 is 21.2 Å². The predicted octanol–water partition coefficient (Wildman–Crippen LogP) is 1.49. The maximum atomic E-state index is 14.0. The number of hydrogen-bond acceptors (Lipinski definition) is 5. The van der Waals surface area contributed by atoms with E-state index in [0.29, 0.717) is 0 Å². The standard InChI is InChI=1S/C10H13BrClFN2O4S2/c1-15(3-4-20(2,16)17)21(18,19)7-5-6(12)8(11)10(14)9(7)13/h5H,3-4,14H2,1-2H3. The summed E-state index contributed by atoms with van der Waals surface area (Å²) in [5.41, 5.74) is 5.01. The lowest BCUT2D eigenvalue weighted by atomic mass is 10.3. The van der Waals surface area contributed by atoms with Crippen molar-refractivity contribution in [3.63, 3.8) is 0 Å². The van der Waals surface area contributed by atoms with Gasteiger partial charge in [0.2, 0.25) is 10.0 Å². The molecule has 1 rings (SSSR count). The van der Waals surface area contributed by atoms with Crippen LogP contribution in [0.15, 0.2) is 15.4 Å². The lowest BCUT2D eigenvalue weighted by Crippen LogP contribution is -2.32. The number of nitrogen functional groups attached to an aromatic ring is 1. The van der Waals surface area contributed by atoms with Crippen molar-refractivity contribution in [2.75, 3.05) is 31.3 Å². The van der Waals surface area contributed by atoms with Crippen LogP contribution in [0.5, 0.6) is 0 Å². The number of rotatable bonds is 5. The zero-order chi connectivity index (χ0) is 16.6. The molecule has 0 heterocycles. The Bertz CT molecular complexity index is 768. The fourth-order valence-electron chi connectivity index (χ4n) is 1.37. The van der Waals surface area contributed by atoms with Gasteiger partial charge in [-0.3, -0.25) is 0 Å². The van der Waals surface area contributed by atoms with E-state index >= 15 is 0 Å². The van der Waals surface area contributed by atoms with Gasteiger partial charge in [-0.2, -0.15) is 4.31 Å². The van der Waals surface area contributed by atoms with Crippen LogP contribution in [0.2, 0.25) is 5.02 Å². The zero-order valence-corrected chi connectivity index (χ0v) is 15.1. The first-order valence-corrected chi connectivity index (χ1v) is 10.1. The molecule has 0 aliphatic rings. The van der Waals surface area contributed by atoms with Crippen molar-refractivity contribution in [3.8, 4) is 0 Å². The van der Waals surface area contributed by atoms with Crippen molar-refractivity contribution in [3.05, 3.63) is 21.4 Å². The van der Waals surface area contributed by atoms with Crippen LogP contribution < -0.4 is 5.73 Å². The zero-order valence-electron chi connectivity index (χ0n) is 11.1. The Labute approximate surface area is 136 Å². The Balaban J connectivity index is 3.26. The van der Waals surface area contributed by atoms with E-state index in [1.807, 2.05) is 0 Å². The first-order chi connectivity index (χ1) is 9.38. The molecule has 0 atom stereocenters. The molecule has 0 spiro atoms. The van der Waals surface area contributed by atoms with Crippen LogP contribution in [0, 0.1) is 5.82 Å². The van der Waals surface area contributed by atoms with Crippen LogP contribution >= 0.6 is 27.5 Å². The fraction of sp³-hybridized carbons (Fsp3) is 0.400. The number of benzene rings is 1. The molecule has 0 amide bonds. The number of nitrogens with two attached hydrogens (primary N) is 1. The maximum Gasteiger partial charge on any atom is 0.245 e. The molecule has 0 saturated carbocycles. The van der Waals surface area contributed by atoms with Crippen molar-refractivity contribution in [1.82, 2.24) is 4.31 Å². The first kappa shape index (κ1) is 18.6. The number of nitrogens with zero attached hydrogens (tertiary/aromatic N) is 1. The molecule has 0 saturated heterocycles. The largest absolute Gasteiger partial charge is 0.395 e. The van der Waals surface area contributed by atoms with Crippen molar-refractivity contribution in [2.24, 2.45) is 0 Å². The van der Waals surface area contributed by atoms with Gasteiger partial charge in [0.25, 0.3) is 0 Å². The van der Waals surface area contributed by atoms with Gasteiger partial charge in [0.15, 0.2) is 5.82 Å². The molecule has 6 nitrogen and oxygen atoms in total. The van der Waals surface area contributed by atoms with Crippen molar-refractivity contribution >= 4 is 53.1 Å². The molecule has 0 aliphatic heterocycles. The molecular formula is C10H13BrClFN2O4S2. The second-order valence-electron chi connectivity index (χ2n) is 4.35. The second kappa shape index (κ2) is 6.37. The van der Waals surface area contributed by atoms with Crippen LogP contribution in [0.3, 0.4) is 0 Å². The van der Waals surface area contributed by atoms with Gasteiger partial charge in [-0.25, -0.2) is 21.2 Å². The van der Waals surface area contributed by atoms with Crippen LogP contribution in [0.25, 0.3) is 0 Å². The smallest absolute Gasteiger partial charge is 0.245 e. The molecular weight excluding hydrogens is 411 g/mol. The van der Waals surface area contributed by atoms with Crippen LogP contribution in [0.1, 0.15) is 0 Å². The van der Waals surface area contributed by atoms with E-state index in [4.69, 9.17) is 17.3 Å². The molecule has 0 radical (unpaired) electrons. The third kappa shape index (κ3) is 4.28. The highest BCUT2D eigenvalue weighted by Gasteiger charge is 2.28. The van der Waals surface area contributed by atoms with Crippen LogP contribution in [-0.4, -0.2) is 46.7 Å². The molecule has 0 aliphatic carbocycles. The van der Waals surface area contributed by atoms with Crippen molar-refractivity contribution in [2.45, 2.75) is 4.90 Å². The average Bonchev–Trinajstić information content (AvgIpc) is 2.36. The van der Waals surface area contributed by atoms with Crippen LogP contribution in [0.4, 0.5) is 10.1 Å². The van der Waals surface area contributed by atoms with Gasteiger partial charge < -0.3 is 5.73 Å². The molecule has 11 heteroatoms. The van der Waals surface area contributed by atoms with Crippen LogP contribution in [-0.2, 0) is 19.9 Å². The topological polar surface area (TPSA) is 97.5 Å². The summed E-state index contributed by atoms with van der Waals surface area (Å²) in [5.74, 6) is -1.53. The van der Waals surface area contributed by atoms with Gasteiger partial charge in [-0.05, 0) is 22.0 Å². The SMILES string of the molecule is CN(CCS(C)(=O)=O)S(=O)(=O)c1cc(Cl)c(Br)c(N)c1F. The average molecular weight is 424 g/mol. The molecule has 0 bridgehead atoms. The number of anilines is 1. The third-order valence-corrected chi connectivity index (χ3v) is 6.78. The van der Waals surface area contributed by atoms with E-state index in [0.717, 1.165) is 23.7 Å². The fourth-order valence-corrected chi connectivity index (χ4v) is 3.93. The number of hydrogen-bond donors (Lipinski definition) is 1. The van der Waals surface area contributed by atoms with E-state index in [9.17, 15) is 21.2 Å². The second-order valence-corrected chi connectivity index (χ2v) is 9.83. The molecule has 2 N–H and O–H groups in total. The first-order valence-electron chi connectivity index (χ1n) is 5.45. The van der Waals surface area contributed by atoms with E-state index < -0.39 is 36.3 Å². The molecule has 1 aromatic rings. The normalized spacial score (nSPS) is 12.9. The Morgan fingerprint density at radius 2 is 1.90 bits per heavy atom. The van der Waals surface area contributed by atoms with E-state index in [2.05, 4.69) is 15.9 Å². The lowest BCUT2D eigenvalue weighted by molar-refractivity contribution is 0.477. The quantitative estimate of drug-likeness (QED) is 0.571. The summed E-state index contributed by atoms with van der Waals surface area (Å²) in [4.78, 5) is -0.704. The molecule has 21 heavy (non-hydrogen) atoms. The number of sulfone groups is 1. The Kier molecular flexibility index (Phi) is 5.65. The van der Waals surface area contributed by atoms with Gasteiger partial charge in [-0.1, -0.05) is 11.6 Å². The van der Waals surface area contributed by atoms with Gasteiger partial charge in [-0.15, -0.1) is 0 Å². The van der Waals surface area contributed by atoms with Crippen molar-refractivity contribution in [1.29, 1.82) is 0 Å². The number of sulfonamides is 1. The Morgan fingerprint density at radius 1 is 1.38 bits per heavy atom. The summed E-state index contributed by atoms with van der Waals surface area (Å²) in [6.07, 6.45) is 0.975. The minimum Gasteiger partial charge on any atom is -0.395 e. The van der Waals surface area contributed by atoms with E-state index in [1.54, 1.807) is 0 Å². The van der Waals surface area contributed by atoms with Gasteiger partial charge in [0, 0.05) is 19.8 Å². The predicted molar refractivity (Wildman–Crippen MR) is 83.0 cm³/mol. The number of halogens is 3. The Morgan fingerprint density at radius 3 is 2.38 bits per heavy atom. The molecule has 0 aromatic heterocycles. The monoisotopic (exact) mass is 422 g/mol. The third-order valence-electron chi connectivity index (χ3n) is 2.62. The summed E-state index contributed by atoms with van der Waals surface area (Å²) < 4.78 is 61.5. The van der Waals surface area contributed by atoms with E-state index in [-0.39, 0.29) is 21.8 Å². The molecule has 0 fully saturated rings. The summed E-state index contributed by atoms with van der Waals surface area (Å²) in [5, 5.41) is -0.0658. The van der Waals surface area contributed by atoms with Gasteiger partial charge in [0.1, 0.15) is 14.7 Å². The minimum atomic E-state index is -4.25. The Hall–Kier alpha value is -0.420. The van der Waals surface area contributed by atoms with Gasteiger partial charge in [0.05, 0.1) is 20.9 Å². The lowest BCUT2D eigenvalue weighted by Gasteiger charge is -2.18. The highest BCUT2D eigenvalue weighted by Crippen LogP contribution is 2.35. The summed E-state index contributed by atoms with van der Waals surface area (Å²) in [7, 11) is -6.45. The summed E-state index contributed by atoms with van der Waals surface area (Å²) in [6.45, 7) is -0.311. The molecule has 1 aromatic carbocycles. The minimum absolute atomic E-state index is 0.0550. The molecule has 120 valence electrons. The maximum absolute atomic E-state index is 14.0. The highest BCUT2D eigenvalue weighted by atomic mass is 79.9.